The van der Waals surface area contributed by atoms with Crippen LogP contribution in [-0.4, -0.2) is 13.5 Å². The van der Waals surface area contributed by atoms with Gasteiger partial charge in [0.05, 0.1) is 0 Å². The molecule has 0 spiro atoms. The molecule has 0 rings (SSSR count). The first-order valence-electron chi connectivity index (χ1n) is 1.04. The van der Waals surface area contributed by atoms with E-state index in [9.17, 15) is 0 Å². The summed E-state index contributed by atoms with van der Waals surface area (Å²) < 4.78 is 0. The van der Waals surface area contributed by atoms with E-state index in [1.807, 2.05) is 0 Å². The normalized spacial score (nSPS) is 6.60. The molecule has 0 bridgehead atoms. The molecule has 0 heterocycles. The lowest BCUT2D eigenvalue weighted by atomic mass is 11.5. The van der Waals surface area contributed by atoms with Crippen molar-refractivity contribution in [3.05, 3.63) is 0 Å². The van der Waals surface area contributed by atoms with Crippen LogP contribution in [0.15, 0.2) is 0 Å². The zero-order chi connectivity index (χ0) is 4.12. The first-order chi connectivity index (χ1) is 2.41. The SMILES string of the molecule is C[N]O[C]=O. The second kappa shape index (κ2) is 3.43. The molecule has 0 aromatic rings. The van der Waals surface area contributed by atoms with E-state index in [-0.39, 0.29) is 0 Å². The van der Waals surface area contributed by atoms with Crippen LogP contribution < -0.4 is 5.48 Å². The van der Waals surface area contributed by atoms with Gasteiger partial charge in [0, 0.05) is 7.05 Å². The fourth-order valence-electron chi connectivity index (χ4n) is 0.0373. The van der Waals surface area contributed by atoms with Gasteiger partial charge in [-0.05, 0) is 5.48 Å². The van der Waals surface area contributed by atoms with Gasteiger partial charge in [-0.15, -0.1) is 0 Å². The quantitative estimate of drug-likeness (QED) is 0.402. The molecule has 0 unspecified atom stereocenters. The Hall–Kier alpha value is -0.570. The summed E-state index contributed by atoms with van der Waals surface area (Å²) >= 11 is 0. The summed E-state index contributed by atoms with van der Waals surface area (Å²) in [5.41, 5.74) is 2.93. The lowest BCUT2D eigenvalue weighted by Gasteiger charge is -1.75. The van der Waals surface area contributed by atoms with E-state index >= 15 is 0 Å². The Morgan fingerprint density at radius 1 is 2.00 bits per heavy atom. The highest BCUT2D eigenvalue weighted by Gasteiger charge is 1.65. The molecule has 0 saturated heterocycles. The smallest absolute Gasteiger partial charge is 0.341 e. The molecule has 28 valence electrons. The molecule has 0 aromatic carbocycles. The van der Waals surface area contributed by atoms with Gasteiger partial charge in [0.15, 0.2) is 0 Å². The van der Waals surface area contributed by atoms with Crippen LogP contribution in [0.3, 0.4) is 0 Å². The van der Waals surface area contributed by atoms with Gasteiger partial charge in [0.25, 0.3) is 0 Å². The highest BCUT2D eigenvalue weighted by molar-refractivity contribution is 5.37. The van der Waals surface area contributed by atoms with Crippen LogP contribution in [0.1, 0.15) is 0 Å². The second-order valence-corrected chi connectivity index (χ2v) is 0.357. The molecule has 0 N–H and O–H groups in total. The van der Waals surface area contributed by atoms with Crippen molar-refractivity contribution in [1.29, 1.82) is 0 Å². The minimum Gasteiger partial charge on any atom is -0.341 e. The van der Waals surface area contributed by atoms with Crippen LogP contribution in [-0.2, 0) is 9.63 Å². The van der Waals surface area contributed by atoms with Gasteiger partial charge in [-0.1, -0.05) is 0 Å². The van der Waals surface area contributed by atoms with Crippen LogP contribution >= 0.6 is 0 Å². The van der Waals surface area contributed by atoms with Crippen molar-refractivity contribution in [2.75, 3.05) is 7.05 Å². The number of rotatable bonds is 2. The number of hydrogen-bond donors (Lipinski definition) is 0. The first kappa shape index (κ1) is 4.43. The minimum absolute atomic E-state index is 1.10. The van der Waals surface area contributed by atoms with Crippen molar-refractivity contribution >= 4 is 6.47 Å². The monoisotopic (exact) mass is 73.0 g/mol. The number of nitrogens with zero attached hydrogens (tertiary/aromatic N) is 1. The van der Waals surface area contributed by atoms with Gasteiger partial charge in [-0.3, -0.25) is 0 Å². The molecule has 3 nitrogen and oxygen atoms in total. The maximum atomic E-state index is 8.96. The van der Waals surface area contributed by atoms with Crippen molar-refractivity contribution in [2.24, 2.45) is 0 Å². The van der Waals surface area contributed by atoms with E-state index in [0.29, 0.717) is 0 Å². The van der Waals surface area contributed by atoms with Crippen LogP contribution in [0.2, 0.25) is 0 Å². The molecule has 0 aliphatic heterocycles. The Labute approximate surface area is 29.9 Å². The average Bonchev–Trinajstić information content (AvgIpc) is 1.41. The van der Waals surface area contributed by atoms with Gasteiger partial charge >= 0.3 is 6.47 Å². The Kier molecular flexibility index (Phi) is 3.04. The van der Waals surface area contributed by atoms with Gasteiger partial charge in [-0.25, -0.2) is 4.79 Å². The molecule has 5 heavy (non-hydrogen) atoms. The zero-order valence-electron chi connectivity index (χ0n) is 2.76. The van der Waals surface area contributed by atoms with Crippen molar-refractivity contribution in [3.63, 3.8) is 0 Å². The summed E-state index contributed by atoms with van der Waals surface area (Å²) in [5, 5.41) is 0. The molecule has 0 amide bonds. The molecule has 0 aromatic heterocycles. The summed E-state index contributed by atoms with van der Waals surface area (Å²) in [6.45, 7) is 1.10. The minimum atomic E-state index is 1.10. The maximum absolute atomic E-state index is 8.96. The van der Waals surface area contributed by atoms with E-state index in [2.05, 4.69) is 10.3 Å². The second-order valence-electron chi connectivity index (χ2n) is 0.357. The van der Waals surface area contributed by atoms with Crippen LogP contribution in [0.25, 0.3) is 0 Å². The molecule has 0 saturated carbocycles. The molecule has 0 aliphatic carbocycles. The van der Waals surface area contributed by atoms with Crippen LogP contribution in [0, 0.1) is 0 Å². The molecular weight excluding hydrogens is 70.0 g/mol. The zero-order valence-corrected chi connectivity index (χ0v) is 2.76. The number of carbonyl (C=O) groups excluding carboxylic acids is 1. The molecule has 3 heteroatoms. The Morgan fingerprint density at radius 3 is 2.60 bits per heavy atom. The van der Waals surface area contributed by atoms with Crippen LogP contribution in [0.4, 0.5) is 0 Å². The van der Waals surface area contributed by atoms with Gasteiger partial charge in [0.2, 0.25) is 0 Å². The average molecular weight is 73.1 g/mol. The maximum Gasteiger partial charge on any atom is 0.439 e. The fourth-order valence-corrected chi connectivity index (χ4v) is 0.0373. The van der Waals surface area contributed by atoms with Crippen molar-refractivity contribution in [1.82, 2.24) is 5.48 Å². The summed E-state index contributed by atoms with van der Waals surface area (Å²) in [6, 6.07) is 0. The van der Waals surface area contributed by atoms with Crippen LogP contribution in [0.5, 0.6) is 0 Å². The summed E-state index contributed by atoms with van der Waals surface area (Å²) in [7, 11) is 1.35. The topological polar surface area (TPSA) is 40.4 Å². The predicted molar refractivity (Wildman–Crippen MR) is 14.8 cm³/mol. The third-order valence-electron chi connectivity index (χ3n) is 0.129. The molecule has 2 radical (unpaired) electrons. The highest BCUT2D eigenvalue weighted by atomic mass is 16.7. The Morgan fingerprint density at radius 2 is 2.60 bits per heavy atom. The lowest BCUT2D eigenvalue weighted by Crippen LogP contribution is -1.93. The molecule has 0 aliphatic rings. The van der Waals surface area contributed by atoms with E-state index in [0.717, 1.165) is 6.47 Å². The van der Waals surface area contributed by atoms with Gasteiger partial charge in [0.1, 0.15) is 0 Å². The summed E-state index contributed by atoms with van der Waals surface area (Å²) in [5.74, 6) is 0. The van der Waals surface area contributed by atoms with Crippen molar-refractivity contribution in [3.8, 4) is 0 Å². The standard InChI is InChI=1S/C2H3NO2/c1-3-5-2-4/h1H3. The van der Waals surface area contributed by atoms with E-state index < -0.39 is 0 Å². The fraction of sp³-hybridized carbons (Fsp3) is 0.500. The number of hydroxylamine groups is 1. The van der Waals surface area contributed by atoms with Crippen molar-refractivity contribution < 1.29 is 9.63 Å². The third-order valence-corrected chi connectivity index (χ3v) is 0.129. The summed E-state index contributed by atoms with van der Waals surface area (Å²) in [4.78, 5) is 12.6. The Bertz CT molecular complexity index is 28.8. The predicted octanol–water partition coefficient (Wildman–Crippen LogP) is -0.781. The van der Waals surface area contributed by atoms with E-state index in [1.165, 1.54) is 7.05 Å². The largest absolute Gasteiger partial charge is 0.439 e. The van der Waals surface area contributed by atoms with Gasteiger partial charge < -0.3 is 4.84 Å². The molecule has 0 atom stereocenters. The highest BCUT2D eigenvalue weighted by Crippen LogP contribution is 1.43. The molecule has 0 fully saturated rings. The van der Waals surface area contributed by atoms with E-state index in [1.54, 1.807) is 0 Å². The third kappa shape index (κ3) is 3.43. The van der Waals surface area contributed by atoms with Crippen molar-refractivity contribution in [2.45, 2.75) is 0 Å². The molecular formula is C2H3NO2. The number of hydrogen-bond acceptors (Lipinski definition) is 2. The van der Waals surface area contributed by atoms with E-state index in [4.69, 9.17) is 4.79 Å². The van der Waals surface area contributed by atoms with Gasteiger partial charge in [-0.2, -0.15) is 0 Å². The lowest BCUT2D eigenvalue weighted by molar-refractivity contribution is 0.184. The Balaban J connectivity index is 2.40. The first-order valence-corrected chi connectivity index (χ1v) is 1.04. The summed E-state index contributed by atoms with van der Waals surface area (Å²) in [6.07, 6.45) is 0.